The predicted molar refractivity (Wildman–Crippen MR) is 96.5 cm³/mol. The van der Waals surface area contributed by atoms with Gasteiger partial charge in [0.1, 0.15) is 18.1 Å². The van der Waals surface area contributed by atoms with Crippen LogP contribution in [0, 0.1) is 0 Å². The summed E-state index contributed by atoms with van der Waals surface area (Å²) >= 11 is 5.81. The predicted octanol–water partition coefficient (Wildman–Crippen LogP) is 3.92. The van der Waals surface area contributed by atoms with Crippen LogP contribution < -0.4 is 14.8 Å². The van der Waals surface area contributed by atoms with E-state index in [0.29, 0.717) is 28.8 Å². The zero-order valence-electron chi connectivity index (χ0n) is 13.7. The summed E-state index contributed by atoms with van der Waals surface area (Å²) in [4.78, 5) is 12.0. The van der Waals surface area contributed by atoms with Crippen molar-refractivity contribution in [2.75, 3.05) is 25.1 Å². The maximum absolute atomic E-state index is 12.0. The number of anilines is 1. The van der Waals surface area contributed by atoms with Crippen molar-refractivity contribution in [1.82, 2.24) is 0 Å². The van der Waals surface area contributed by atoms with E-state index in [9.17, 15) is 4.79 Å². The van der Waals surface area contributed by atoms with Crippen LogP contribution in [0.4, 0.5) is 5.69 Å². The summed E-state index contributed by atoms with van der Waals surface area (Å²) in [6, 6.07) is 14.1. The lowest BCUT2D eigenvalue weighted by molar-refractivity contribution is -0.118. The lowest BCUT2D eigenvalue weighted by Gasteiger charge is -2.13. The fraction of sp³-hybridized carbons (Fsp3) is 0.316. The highest BCUT2D eigenvalue weighted by atomic mass is 35.5. The molecule has 1 fully saturated rings. The third-order valence-corrected chi connectivity index (χ3v) is 4.01. The van der Waals surface area contributed by atoms with Gasteiger partial charge in [0.25, 0.3) is 5.91 Å². The van der Waals surface area contributed by atoms with E-state index in [4.69, 9.17) is 25.8 Å². The number of hydrogen-bond acceptors (Lipinski definition) is 4. The molecule has 1 atom stereocenters. The lowest BCUT2D eigenvalue weighted by atomic mass is 10.2. The Morgan fingerprint density at radius 1 is 1.16 bits per heavy atom. The molecule has 1 saturated heterocycles. The quantitative estimate of drug-likeness (QED) is 0.812. The molecule has 5 nitrogen and oxygen atoms in total. The number of hydrogen-bond donors (Lipinski definition) is 1. The summed E-state index contributed by atoms with van der Waals surface area (Å²) in [5.41, 5.74) is 0.662. The number of carbonyl (C=O) groups excluding carboxylic acids is 1. The summed E-state index contributed by atoms with van der Waals surface area (Å²) in [6.45, 7) is 1.25. The van der Waals surface area contributed by atoms with E-state index in [1.807, 2.05) is 12.1 Å². The SMILES string of the molecule is O=C(COc1ccc(Cl)cc1)Nc1cccc(OC[C@@H]2CCCO2)c1. The molecule has 0 bridgehead atoms. The molecular weight excluding hydrogens is 342 g/mol. The molecule has 25 heavy (non-hydrogen) atoms. The second kappa shape index (κ2) is 8.74. The number of ether oxygens (including phenoxy) is 3. The summed E-state index contributed by atoms with van der Waals surface area (Å²) in [6.07, 6.45) is 2.27. The van der Waals surface area contributed by atoms with Crippen molar-refractivity contribution in [1.29, 1.82) is 0 Å². The average Bonchev–Trinajstić information content (AvgIpc) is 3.13. The maximum Gasteiger partial charge on any atom is 0.262 e. The Kier molecular flexibility index (Phi) is 6.14. The van der Waals surface area contributed by atoms with Gasteiger partial charge in [-0.3, -0.25) is 4.79 Å². The molecule has 1 aliphatic heterocycles. The van der Waals surface area contributed by atoms with Gasteiger partial charge < -0.3 is 19.5 Å². The van der Waals surface area contributed by atoms with Crippen LogP contribution in [0.5, 0.6) is 11.5 Å². The Hall–Kier alpha value is -2.24. The summed E-state index contributed by atoms with van der Waals surface area (Å²) in [5, 5.41) is 3.41. The van der Waals surface area contributed by atoms with Crippen LogP contribution in [-0.2, 0) is 9.53 Å². The van der Waals surface area contributed by atoms with E-state index in [1.165, 1.54) is 0 Å². The summed E-state index contributed by atoms with van der Waals surface area (Å²) < 4.78 is 16.7. The number of amides is 1. The van der Waals surface area contributed by atoms with Gasteiger partial charge in [0.05, 0.1) is 6.10 Å². The van der Waals surface area contributed by atoms with Crippen molar-refractivity contribution in [2.24, 2.45) is 0 Å². The van der Waals surface area contributed by atoms with Crippen molar-refractivity contribution in [3.05, 3.63) is 53.6 Å². The molecule has 2 aromatic carbocycles. The van der Waals surface area contributed by atoms with Crippen molar-refractivity contribution >= 4 is 23.2 Å². The van der Waals surface area contributed by atoms with E-state index in [0.717, 1.165) is 19.4 Å². The minimum absolute atomic E-state index is 0.0807. The van der Waals surface area contributed by atoms with Gasteiger partial charge in [0, 0.05) is 23.4 Å². The number of carbonyl (C=O) groups is 1. The van der Waals surface area contributed by atoms with Crippen LogP contribution in [0.2, 0.25) is 5.02 Å². The average molecular weight is 362 g/mol. The van der Waals surface area contributed by atoms with Gasteiger partial charge in [-0.1, -0.05) is 17.7 Å². The Morgan fingerprint density at radius 2 is 2.00 bits per heavy atom. The lowest BCUT2D eigenvalue weighted by Crippen LogP contribution is -2.20. The molecule has 0 saturated carbocycles. The molecule has 0 spiro atoms. The number of benzene rings is 2. The Bertz CT molecular complexity index is 699. The van der Waals surface area contributed by atoms with Crippen molar-refractivity contribution < 1.29 is 19.0 Å². The number of nitrogens with one attached hydrogen (secondary N) is 1. The van der Waals surface area contributed by atoms with E-state index in [2.05, 4.69) is 5.32 Å². The van der Waals surface area contributed by atoms with Crippen molar-refractivity contribution in [3.8, 4) is 11.5 Å². The number of rotatable bonds is 7. The molecule has 2 aromatic rings. The van der Waals surface area contributed by atoms with Crippen molar-refractivity contribution in [2.45, 2.75) is 18.9 Å². The minimum Gasteiger partial charge on any atom is -0.491 e. The fourth-order valence-electron chi connectivity index (χ4n) is 2.51. The van der Waals surface area contributed by atoms with Gasteiger partial charge in [-0.15, -0.1) is 0 Å². The third-order valence-electron chi connectivity index (χ3n) is 3.76. The van der Waals surface area contributed by atoms with Gasteiger partial charge in [-0.05, 0) is 49.2 Å². The molecule has 6 heteroatoms. The van der Waals surface area contributed by atoms with Crippen LogP contribution >= 0.6 is 11.6 Å². The van der Waals surface area contributed by atoms with Gasteiger partial charge >= 0.3 is 0 Å². The standard InChI is InChI=1S/C19H20ClNO4/c20-14-6-8-16(9-7-14)25-13-19(22)21-15-3-1-4-17(11-15)24-12-18-5-2-10-23-18/h1,3-4,6-9,11,18H,2,5,10,12-13H2,(H,21,22)/t18-/m0/s1. The van der Waals surface area contributed by atoms with E-state index >= 15 is 0 Å². The van der Waals surface area contributed by atoms with Crippen LogP contribution in [-0.4, -0.2) is 31.8 Å². The topological polar surface area (TPSA) is 56.8 Å². The fourth-order valence-corrected chi connectivity index (χ4v) is 2.63. The molecular formula is C19H20ClNO4. The van der Waals surface area contributed by atoms with Gasteiger partial charge in [0.15, 0.2) is 6.61 Å². The molecule has 0 unspecified atom stereocenters. The van der Waals surface area contributed by atoms with Crippen molar-refractivity contribution in [3.63, 3.8) is 0 Å². The monoisotopic (exact) mass is 361 g/mol. The maximum atomic E-state index is 12.0. The second-order valence-corrected chi connectivity index (χ2v) is 6.20. The van der Waals surface area contributed by atoms with Gasteiger partial charge in [-0.2, -0.15) is 0 Å². The smallest absolute Gasteiger partial charge is 0.262 e. The van der Waals surface area contributed by atoms with E-state index < -0.39 is 0 Å². The van der Waals surface area contributed by atoms with Crippen LogP contribution in [0.1, 0.15) is 12.8 Å². The molecule has 1 amide bonds. The molecule has 1 heterocycles. The van der Waals surface area contributed by atoms with E-state index in [-0.39, 0.29) is 18.6 Å². The number of halogens is 1. The highest BCUT2D eigenvalue weighted by Crippen LogP contribution is 2.20. The first-order valence-electron chi connectivity index (χ1n) is 8.22. The zero-order valence-corrected chi connectivity index (χ0v) is 14.5. The van der Waals surface area contributed by atoms with Crippen LogP contribution in [0.25, 0.3) is 0 Å². The summed E-state index contributed by atoms with van der Waals surface area (Å²) in [5.74, 6) is 1.05. The Labute approximate surface area is 151 Å². The second-order valence-electron chi connectivity index (χ2n) is 5.76. The molecule has 1 aliphatic rings. The third kappa shape index (κ3) is 5.66. The molecule has 3 rings (SSSR count). The molecule has 0 aliphatic carbocycles. The molecule has 0 radical (unpaired) electrons. The summed E-state index contributed by atoms with van der Waals surface area (Å²) in [7, 11) is 0. The van der Waals surface area contributed by atoms with Gasteiger partial charge in [0.2, 0.25) is 0 Å². The zero-order chi connectivity index (χ0) is 17.5. The highest BCUT2D eigenvalue weighted by molar-refractivity contribution is 6.30. The molecule has 1 N–H and O–H groups in total. The van der Waals surface area contributed by atoms with Gasteiger partial charge in [-0.25, -0.2) is 0 Å². The first-order chi connectivity index (χ1) is 12.2. The van der Waals surface area contributed by atoms with E-state index in [1.54, 1.807) is 36.4 Å². The minimum atomic E-state index is -0.244. The molecule has 132 valence electrons. The largest absolute Gasteiger partial charge is 0.491 e. The van der Waals surface area contributed by atoms with Crippen LogP contribution in [0.15, 0.2) is 48.5 Å². The normalized spacial score (nSPS) is 16.4. The first-order valence-corrected chi connectivity index (χ1v) is 8.59. The Balaban J connectivity index is 1.47. The first kappa shape index (κ1) is 17.6. The molecule has 0 aromatic heterocycles. The van der Waals surface area contributed by atoms with Crippen LogP contribution in [0.3, 0.4) is 0 Å². The Morgan fingerprint density at radius 3 is 2.76 bits per heavy atom. The highest BCUT2D eigenvalue weighted by Gasteiger charge is 2.16.